The highest BCUT2D eigenvalue weighted by molar-refractivity contribution is 6.24. The molecule has 0 saturated heterocycles. The number of Topliss-reactive ketones (excluding diaryl/α,β-unsaturated/α-hetero) is 2. The van der Waals surface area contributed by atoms with Gasteiger partial charge in [0.15, 0.2) is 17.2 Å². The Kier molecular flexibility index (Phi) is 8.03. The highest BCUT2D eigenvalue weighted by atomic mass is 16.4. The van der Waals surface area contributed by atoms with Crippen LogP contribution in [0.4, 0.5) is 0 Å². The number of allylic oxidation sites excluding steroid dienone is 1. The summed E-state index contributed by atoms with van der Waals surface area (Å²) in [6.07, 6.45) is 1.15. The van der Waals surface area contributed by atoms with E-state index in [1.54, 1.807) is 6.92 Å². The summed E-state index contributed by atoms with van der Waals surface area (Å²) in [7, 11) is 0. The minimum atomic E-state index is -2.07. The van der Waals surface area contributed by atoms with Crippen LogP contribution in [0.5, 0.6) is 0 Å². The SMILES string of the molecule is CCC(C)C(=O)C1=C(O)C(O)([C@@H](O)CCC(C)C)C(CCC(C)C)C1=O. The maximum Gasteiger partial charge on any atom is 0.176 e. The van der Waals surface area contributed by atoms with Crippen LogP contribution < -0.4 is 0 Å². The first-order valence-electron chi connectivity index (χ1n) is 9.90. The van der Waals surface area contributed by atoms with E-state index in [0.29, 0.717) is 37.5 Å². The second kappa shape index (κ2) is 9.14. The number of aliphatic hydroxyl groups is 3. The maximum atomic E-state index is 12.9. The summed E-state index contributed by atoms with van der Waals surface area (Å²) in [6, 6.07) is 0. The lowest BCUT2D eigenvalue weighted by atomic mass is 9.78. The second-order valence-corrected chi connectivity index (χ2v) is 8.60. The van der Waals surface area contributed by atoms with Gasteiger partial charge in [0.1, 0.15) is 11.3 Å². The molecule has 1 aliphatic rings. The first-order valence-corrected chi connectivity index (χ1v) is 9.90. The van der Waals surface area contributed by atoms with E-state index < -0.39 is 40.9 Å². The van der Waals surface area contributed by atoms with Crippen molar-refractivity contribution in [1.82, 2.24) is 0 Å². The van der Waals surface area contributed by atoms with Gasteiger partial charge >= 0.3 is 0 Å². The average molecular weight is 369 g/mol. The molecule has 4 atom stereocenters. The van der Waals surface area contributed by atoms with Crippen LogP contribution in [0.3, 0.4) is 0 Å². The molecule has 3 unspecified atom stereocenters. The van der Waals surface area contributed by atoms with Gasteiger partial charge in [-0.05, 0) is 37.5 Å². The Bertz CT molecular complexity index is 549. The molecule has 0 bridgehead atoms. The van der Waals surface area contributed by atoms with Crippen LogP contribution in [0.1, 0.15) is 73.6 Å². The molecular formula is C21H36O5. The number of rotatable bonds is 10. The van der Waals surface area contributed by atoms with Crippen molar-refractivity contribution < 1.29 is 24.9 Å². The van der Waals surface area contributed by atoms with Crippen molar-refractivity contribution in [2.45, 2.75) is 85.4 Å². The normalized spacial score (nSPS) is 26.1. The number of aliphatic hydroxyl groups excluding tert-OH is 2. The van der Waals surface area contributed by atoms with Gasteiger partial charge in [0.25, 0.3) is 0 Å². The monoisotopic (exact) mass is 368 g/mol. The maximum absolute atomic E-state index is 12.9. The molecule has 150 valence electrons. The zero-order chi connectivity index (χ0) is 20.2. The molecule has 5 nitrogen and oxygen atoms in total. The van der Waals surface area contributed by atoms with Crippen LogP contribution >= 0.6 is 0 Å². The van der Waals surface area contributed by atoms with Crippen LogP contribution in [0.15, 0.2) is 11.3 Å². The van der Waals surface area contributed by atoms with Gasteiger partial charge in [-0.1, -0.05) is 48.0 Å². The predicted octanol–water partition coefficient (Wildman–Crippen LogP) is 3.58. The summed E-state index contributed by atoms with van der Waals surface area (Å²) >= 11 is 0. The van der Waals surface area contributed by atoms with Gasteiger partial charge in [0.05, 0.1) is 12.0 Å². The van der Waals surface area contributed by atoms with E-state index in [-0.39, 0.29) is 12.0 Å². The molecule has 0 radical (unpaired) electrons. The Labute approximate surface area is 157 Å². The fourth-order valence-electron chi connectivity index (χ4n) is 3.48. The number of hydrogen-bond donors (Lipinski definition) is 3. The van der Waals surface area contributed by atoms with Gasteiger partial charge in [0.2, 0.25) is 0 Å². The van der Waals surface area contributed by atoms with Gasteiger partial charge in [-0.25, -0.2) is 0 Å². The lowest BCUT2D eigenvalue weighted by molar-refractivity contribution is -0.137. The highest BCUT2D eigenvalue weighted by Gasteiger charge is 2.58. The molecule has 0 aromatic carbocycles. The van der Waals surface area contributed by atoms with Crippen LogP contribution in [0, 0.1) is 23.7 Å². The first-order chi connectivity index (χ1) is 12.0. The van der Waals surface area contributed by atoms with Crippen molar-refractivity contribution in [3.05, 3.63) is 11.3 Å². The van der Waals surface area contributed by atoms with E-state index in [9.17, 15) is 24.9 Å². The molecule has 5 heteroatoms. The summed E-state index contributed by atoms with van der Waals surface area (Å²) in [6.45, 7) is 11.5. The van der Waals surface area contributed by atoms with Crippen molar-refractivity contribution in [3.63, 3.8) is 0 Å². The smallest absolute Gasteiger partial charge is 0.176 e. The molecule has 0 amide bonds. The average Bonchev–Trinajstić information content (AvgIpc) is 2.76. The highest BCUT2D eigenvalue weighted by Crippen LogP contribution is 2.44. The zero-order valence-electron chi connectivity index (χ0n) is 17.1. The van der Waals surface area contributed by atoms with E-state index >= 15 is 0 Å². The number of carbonyl (C=O) groups is 2. The number of ketones is 2. The first kappa shape index (κ1) is 22.8. The van der Waals surface area contributed by atoms with E-state index in [1.807, 2.05) is 34.6 Å². The Balaban J connectivity index is 3.29. The Morgan fingerprint density at radius 1 is 1.08 bits per heavy atom. The van der Waals surface area contributed by atoms with Crippen molar-refractivity contribution in [1.29, 1.82) is 0 Å². The molecule has 0 spiro atoms. The van der Waals surface area contributed by atoms with Crippen LogP contribution in [-0.4, -0.2) is 38.6 Å². The molecule has 0 aromatic heterocycles. The topological polar surface area (TPSA) is 94.8 Å². The Morgan fingerprint density at radius 3 is 2.08 bits per heavy atom. The van der Waals surface area contributed by atoms with Crippen molar-refractivity contribution in [3.8, 4) is 0 Å². The molecule has 26 heavy (non-hydrogen) atoms. The Hall–Kier alpha value is -1.20. The largest absolute Gasteiger partial charge is 0.508 e. The predicted molar refractivity (Wildman–Crippen MR) is 102 cm³/mol. The van der Waals surface area contributed by atoms with Crippen molar-refractivity contribution >= 4 is 11.6 Å². The lowest BCUT2D eigenvalue weighted by Gasteiger charge is -2.34. The molecule has 1 aliphatic carbocycles. The van der Waals surface area contributed by atoms with E-state index in [1.165, 1.54) is 0 Å². The third-order valence-corrected chi connectivity index (χ3v) is 5.57. The van der Waals surface area contributed by atoms with Crippen molar-refractivity contribution in [2.24, 2.45) is 23.7 Å². The summed E-state index contributed by atoms with van der Waals surface area (Å²) < 4.78 is 0. The van der Waals surface area contributed by atoms with Gasteiger partial charge in [-0.3, -0.25) is 9.59 Å². The fourth-order valence-corrected chi connectivity index (χ4v) is 3.48. The third-order valence-electron chi connectivity index (χ3n) is 5.57. The summed E-state index contributed by atoms with van der Waals surface area (Å²) in [5.74, 6) is -2.39. The summed E-state index contributed by atoms with van der Waals surface area (Å²) in [4.78, 5) is 25.6. The quantitative estimate of drug-likeness (QED) is 0.512. The van der Waals surface area contributed by atoms with E-state index in [0.717, 1.165) is 0 Å². The van der Waals surface area contributed by atoms with Gasteiger partial charge in [-0.2, -0.15) is 0 Å². The van der Waals surface area contributed by atoms with Gasteiger partial charge in [0, 0.05) is 5.92 Å². The van der Waals surface area contributed by atoms with E-state index in [4.69, 9.17) is 0 Å². The second-order valence-electron chi connectivity index (χ2n) is 8.60. The molecule has 0 fully saturated rings. The summed E-state index contributed by atoms with van der Waals surface area (Å²) in [5, 5.41) is 32.6. The number of hydrogen-bond acceptors (Lipinski definition) is 5. The molecular weight excluding hydrogens is 332 g/mol. The Morgan fingerprint density at radius 2 is 1.62 bits per heavy atom. The van der Waals surface area contributed by atoms with Gasteiger partial charge < -0.3 is 15.3 Å². The van der Waals surface area contributed by atoms with Gasteiger partial charge in [-0.15, -0.1) is 0 Å². The van der Waals surface area contributed by atoms with E-state index in [2.05, 4.69) is 0 Å². The fraction of sp³-hybridized carbons (Fsp3) is 0.810. The molecule has 0 aliphatic heterocycles. The van der Waals surface area contributed by atoms with Crippen LogP contribution in [0.2, 0.25) is 0 Å². The zero-order valence-corrected chi connectivity index (χ0v) is 17.1. The molecule has 3 N–H and O–H groups in total. The number of carbonyl (C=O) groups excluding carboxylic acids is 2. The van der Waals surface area contributed by atoms with Crippen LogP contribution in [0.25, 0.3) is 0 Å². The third kappa shape index (κ3) is 4.55. The summed E-state index contributed by atoms with van der Waals surface area (Å²) in [5.41, 5.74) is -2.38. The molecule has 0 heterocycles. The minimum Gasteiger partial charge on any atom is -0.508 e. The standard InChI is InChI=1S/C21H36O5/c1-7-14(6)18(23)17-19(24)15(10-8-12(2)3)21(26,20(17)25)16(22)11-9-13(4)5/h12-16,22,25-26H,7-11H2,1-6H3/t14?,15?,16-,21?/m0/s1. The minimum absolute atomic E-state index is 0.258. The molecule has 1 rings (SSSR count). The van der Waals surface area contributed by atoms with Crippen LogP contribution in [-0.2, 0) is 9.59 Å². The molecule has 0 saturated carbocycles. The lowest BCUT2D eigenvalue weighted by Crippen LogP contribution is -2.49. The van der Waals surface area contributed by atoms with Crippen molar-refractivity contribution in [2.75, 3.05) is 0 Å². The molecule has 0 aromatic rings.